The number of nitrogens with one attached hydrogen (secondary N) is 1. The van der Waals surface area contributed by atoms with Crippen molar-refractivity contribution >= 4 is 5.97 Å². The molecule has 1 heterocycles. The summed E-state index contributed by atoms with van der Waals surface area (Å²) in [5, 5.41) is 13.1. The van der Waals surface area contributed by atoms with E-state index < -0.39 is 5.41 Å². The maximum absolute atomic E-state index is 11.4. The molecule has 1 aromatic rings. The van der Waals surface area contributed by atoms with E-state index in [9.17, 15) is 10.1 Å². The number of piperidine rings is 1. The third-order valence-corrected chi connectivity index (χ3v) is 5.31. The third kappa shape index (κ3) is 3.31. The highest BCUT2D eigenvalue weighted by Crippen LogP contribution is 2.36. The van der Waals surface area contributed by atoms with Crippen LogP contribution >= 0.6 is 0 Å². The standard InChI is InChI=1S/C19H24N2O3/c1-23-18(22)15-10-16(11-15)24-12-14-4-2-3-5-17(14)19(13-20)6-8-21-9-7-19/h2-5,15-16,21H,6-12H2,1H3/t15-,16-. The fraction of sp³-hybridized carbons (Fsp3) is 0.579. The Morgan fingerprint density at radius 1 is 1.33 bits per heavy atom. The summed E-state index contributed by atoms with van der Waals surface area (Å²) in [4.78, 5) is 11.4. The van der Waals surface area contributed by atoms with Crippen molar-refractivity contribution in [2.24, 2.45) is 5.92 Å². The van der Waals surface area contributed by atoms with Gasteiger partial charge in [-0.25, -0.2) is 0 Å². The molecular weight excluding hydrogens is 304 g/mol. The van der Waals surface area contributed by atoms with Crippen molar-refractivity contribution in [3.05, 3.63) is 35.4 Å². The highest BCUT2D eigenvalue weighted by Gasteiger charge is 2.38. The van der Waals surface area contributed by atoms with Crippen molar-refractivity contribution in [2.75, 3.05) is 20.2 Å². The zero-order chi connectivity index (χ0) is 17.0. The molecule has 1 saturated heterocycles. The minimum atomic E-state index is -0.417. The fourth-order valence-corrected chi connectivity index (χ4v) is 3.68. The second kappa shape index (κ2) is 7.33. The number of carbonyl (C=O) groups excluding carboxylic acids is 1. The van der Waals surface area contributed by atoms with Gasteiger partial charge in [0.05, 0.1) is 37.2 Å². The average Bonchev–Trinajstić information content (AvgIpc) is 2.61. The first-order valence-corrected chi connectivity index (χ1v) is 8.58. The van der Waals surface area contributed by atoms with Crippen LogP contribution < -0.4 is 5.32 Å². The molecule has 1 aromatic carbocycles. The van der Waals surface area contributed by atoms with Crippen LogP contribution in [0, 0.1) is 17.2 Å². The van der Waals surface area contributed by atoms with Crippen LogP contribution in [0.4, 0.5) is 0 Å². The first-order chi connectivity index (χ1) is 11.7. The van der Waals surface area contributed by atoms with Crippen molar-refractivity contribution in [1.82, 2.24) is 5.32 Å². The molecule has 0 amide bonds. The Morgan fingerprint density at radius 3 is 2.71 bits per heavy atom. The zero-order valence-corrected chi connectivity index (χ0v) is 14.1. The second-order valence-electron chi connectivity index (χ2n) is 6.73. The third-order valence-electron chi connectivity index (χ3n) is 5.31. The SMILES string of the molecule is COC(=O)[C@H]1C[C@H](OCc2ccccc2C2(C#N)CCNCC2)C1. The number of nitrogens with zero attached hydrogens (tertiary/aromatic N) is 1. The molecule has 2 fully saturated rings. The van der Waals surface area contributed by atoms with Crippen LogP contribution in [0.3, 0.4) is 0 Å². The van der Waals surface area contributed by atoms with Crippen LogP contribution in [0.1, 0.15) is 36.8 Å². The first kappa shape index (κ1) is 16.9. The Balaban J connectivity index is 1.65. The number of rotatable bonds is 5. The number of hydrogen-bond donors (Lipinski definition) is 1. The summed E-state index contributed by atoms with van der Waals surface area (Å²) in [6, 6.07) is 10.7. The summed E-state index contributed by atoms with van der Waals surface area (Å²) in [7, 11) is 1.42. The quantitative estimate of drug-likeness (QED) is 0.840. The maximum atomic E-state index is 11.4. The normalized spacial score (nSPS) is 25.3. The lowest BCUT2D eigenvalue weighted by atomic mass is 9.73. The number of ether oxygens (including phenoxy) is 2. The maximum Gasteiger partial charge on any atom is 0.308 e. The van der Waals surface area contributed by atoms with Gasteiger partial charge in [-0.3, -0.25) is 4.79 Å². The summed E-state index contributed by atoms with van der Waals surface area (Å²) >= 11 is 0. The number of methoxy groups -OCH3 is 1. The summed E-state index contributed by atoms with van der Waals surface area (Å²) in [5.41, 5.74) is 1.76. The van der Waals surface area contributed by atoms with E-state index in [1.165, 1.54) is 7.11 Å². The minimum absolute atomic E-state index is 0.0230. The Bertz CT molecular complexity index is 626. The molecular formula is C19H24N2O3. The number of nitriles is 1. The Kier molecular flexibility index (Phi) is 5.17. The van der Waals surface area contributed by atoms with E-state index in [1.807, 2.05) is 18.2 Å². The van der Waals surface area contributed by atoms with E-state index >= 15 is 0 Å². The predicted molar refractivity (Wildman–Crippen MR) is 89.2 cm³/mol. The Labute approximate surface area is 142 Å². The molecule has 1 aliphatic heterocycles. The summed E-state index contributed by atoms with van der Waals surface area (Å²) in [6.45, 7) is 2.23. The van der Waals surface area contributed by atoms with E-state index in [2.05, 4.69) is 17.5 Å². The molecule has 5 heteroatoms. The van der Waals surface area contributed by atoms with Gasteiger partial charge in [-0.2, -0.15) is 5.26 Å². The van der Waals surface area contributed by atoms with Crippen molar-refractivity contribution in [1.29, 1.82) is 5.26 Å². The van der Waals surface area contributed by atoms with Gasteiger partial charge in [0.15, 0.2) is 0 Å². The van der Waals surface area contributed by atoms with Gasteiger partial charge in [-0.1, -0.05) is 24.3 Å². The Morgan fingerprint density at radius 2 is 2.04 bits per heavy atom. The average molecular weight is 328 g/mol. The van der Waals surface area contributed by atoms with Crippen molar-refractivity contribution in [2.45, 2.75) is 43.8 Å². The smallest absolute Gasteiger partial charge is 0.308 e. The molecule has 128 valence electrons. The molecule has 0 atom stereocenters. The monoisotopic (exact) mass is 328 g/mol. The molecule has 0 unspecified atom stereocenters. The van der Waals surface area contributed by atoms with Crippen LogP contribution in [0.25, 0.3) is 0 Å². The van der Waals surface area contributed by atoms with Gasteiger partial charge in [-0.05, 0) is 49.9 Å². The number of carbonyl (C=O) groups is 1. The van der Waals surface area contributed by atoms with Crippen LogP contribution in [0.2, 0.25) is 0 Å². The molecule has 0 radical (unpaired) electrons. The second-order valence-corrected chi connectivity index (χ2v) is 6.73. The van der Waals surface area contributed by atoms with Crippen molar-refractivity contribution in [3.63, 3.8) is 0 Å². The molecule has 1 N–H and O–H groups in total. The van der Waals surface area contributed by atoms with E-state index in [0.717, 1.165) is 49.9 Å². The van der Waals surface area contributed by atoms with Crippen LogP contribution in [0.5, 0.6) is 0 Å². The molecule has 1 aliphatic carbocycles. The lowest BCUT2D eigenvalue weighted by Gasteiger charge is -2.35. The summed E-state index contributed by atoms with van der Waals surface area (Å²) in [6.07, 6.45) is 3.21. The van der Waals surface area contributed by atoms with Gasteiger partial charge in [0.25, 0.3) is 0 Å². The van der Waals surface area contributed by atoms with Crippen LogP contribution in [0.15, 0.2) is 24.3 Å². The van der Waals surface area contributed by atoms with Crippen LogP contribution in [-0.4, -0.2) is 32.3 Å². The van der Waals surface area contributed by atoms with Gasteiger partial charge in [0, 0.05) is 0 Å². The van der Waals surface area contributed by atoms with E-state index in [4.69, 9.17) is 9.47 Å². The topological polar surface area (TPSA) is 71.3 Å². The lowest BCUT2D eigenvalue weighted by molar-refractivity contribution is -0.155. The summed E-state index contributed by atoms with van der Waals surface area (Å²) in [5.74, 6) is -0.168. The predicted octanol–water partition coefficient (Wildman–Crippen LogP) is 2.30. The molecule has 24 heavy (non-hydrogen) atoms. The molecule has 1 saturated carbocycles. The highest BCUT2D eigenvalue weighted by molar-refractivity contribution is 5.73. The highest BCUT2D eigenvalue weighted by atomic mass is 16.5. The molecule has 0 bridgehead atoms. The summed E-state index contributed by atoms with van der Waals surface area (Å²) < 4.78 is 10.7. The molecule has 0 spiro atoms. The molecule has 3 rings (SSSR count). The fourth-order valence-electron chi connectivity index (χ4n) is 3.68. The number of hydrogen-bond acceptors (Lipinski definition) is 5. The molecule has 5 nitrogen and oxygen atoms in total. The van der Waals surface area contributed by atoms with Gasteiger partial charge in [0.1, 0.15) is 0 Å². The van der Waals surface area contributed by atoms with Gasteiger partial charge >= 0.3 is 5.97 Å². The lowest BCUT2D eigenvalue weighted by Crippen LogP contribution is -2.40. The molecule has 0 aromatic heterocycles. The Hall–Kier alpha value is -1.90. The van der Waals surface area contributed by atoms with E-state index in [0.29, 0.717) is 6.61 Å². The first-order valence-electron chi connectivity index (χ1n) is 8.58. The van der Waals surface area contributed by atoms with Crippen molar-refractivity contribution in [3.8, 4) is 6.07 Å². The van der Waals surface area contributed by atoms with Gasteiger partial charge in [-0.15, -0.1) is 0 Å². The van der Waals surface area contributed by atoms with Crippen LogP contribution in [-0.2, 0) is 26.3 Å². The van der Waals surface area contributed by atoms with Gasteiger partial charge < -0.3 is 14.8 Å². The van der Waals surface area contributed by atoms with Crippen molar-refractivity contribution < 1.29 is 14.3 Å². The number of benzene rings is 1. The van der Waals surface area contributed by atoms with E-state index in [-0.39, 0.29) is 18.0 Å². The minimum Gasteiger partial charge on any atom is -0.469 e. The molecule has 2 aliphatic rings. The zero-order valence-electron chi connectivity index (χ0n) is 14.1. The number of esters is 1. The van der Waals surface area contributed by atoms with Gasteiger partial charge in [0.2, 0.25) is 0 Å². The largest absolute Gasteiger partial charge is 0.469 e. The van der Waals surface area contributed by atoms with E-state index in [1.54, 1.807) is 0 Å².